The van der Waals surface area contributed by atoms with Crippen molar-refractivity contribution in [2.45, 2.75) is 79.6 Å². The average molecular weight is 578 g/mol. The third-order valence-corrected chi connectivity index (χ3v) is 7.70. The van der Waals surface area contributed by atoms with Gasteiger partial charge in [0, 0.05) is 17.8 Å². The number of benzene rings is 2. The molecule has 1 atom stereocenters. The maximum atomic E-state index is 12.1. The lowest BCUT2D eigenvalue weighted by Gasteiger charge is -2.27. The van der Waals surface area contributed by atoms with Crippen molar-refractivity contribution in [3.63, 3.8) is 0 Å². The van der Waals surface area contributed by atoms with Gasteiger partial charge in [0.1, 0.15) is 30.0 Å². The molecule has 0 spiro atoms. The zero-order valence-corrected chi connectivity index (χ0v) is 26.3. The molecule has 0 aliphatic rings. The van der Waals surface area contributed by atoms with Gasteiger partial charge < -0.3 is 15.2 Å². The molecule has 41 heavy (non-hydrogen) atoms. The molecule has 0 aliphatic carbocycles. The van der Waals surface area contributed by atoms with Gasteiger partial charge in [-0.3, -0.25) is 4.79 Å². The number of ether oxygens (including phenoxy) is 2. The molecule has 2 aromatic carbocycles. The van der Waals surface area contributed by atoms with E-state index in [0.29, 0.717) is 54.0 Å². The van der Waals surface area contributed by atoms with Gasteiger partial charge >= 0.3 is 0 Å². The molecule has 0 aliphatic heterocycles. The molecule has 2 rings (SSSR count). The number of hydrogen-bond acceptors (Lipinski definition) is 6. The third kappa shape index (κ3) is 9.50. The van der Waals surface area contributed by atoms with Gasteiger partial charge in [0.2, 0.25) is 0 Å². The van der Waals surface area contributed by atoms with Gasteiger partial charge in [0.05, 0.1) is 22.9 Å². The minimum atomic E-state index is -0.441. The Morgan fingerprint density at radius 3 is 2.44 bits per heavy atom. The van der Waals surface area contributed by atoms with Crippen molar-refractivity contribution in [1.29, 1.82) is 5.26 Å². The van der Waals surface area contributed by atoms with Crippen molar-refractivity contribution >= 4 is 23.1 Å². The SMILES string of the molecule is C/C=C\C(COc1ccc(C(C)(C)c2cc(Cl)c(OCCCC(=O)C(C)CC)c(C#N)c2)cc1)=N/C(N)=C(C)CC. The maximum absolute atomic E-state index is 12.1. The normalized spacial score (nSPS) is 13.5. The first kappa shape index (κ1) is 33.6. The molecule has 0 aromatic heterocycles. The Morgan fingerprint density at radius 2 is 1.85 bits per heavy atom. The van der Waals surface area contributed by atoms with Crippen LogP contribution < -0.4 is 15.2 Å². The number of carbonyl (C=O) groups excluding carboxylic acids is 1. The Morgan fingerprint density at radius 1 is 1.17 bits per heavy atom. The molecule has 6 nitrogen and oxygen atoms in total. The summed E-state index contributed by atoms with van der Waals surface area (Å²) in [6, 6.07) is 13.8. The second-order valence-electron chi connectivity index (χ2n) is 10.7. The molecule has 0 bridgehead atoms. The van der Waals surface area contributed by atoms with E-state index in [1.807, 2.05) is 83.2 Å². The van der Waals surface area contributed by atoms with Gasteiger partial charge in [-0.05, 0) is 80.2 Å². The number of aliphatic imine (C=N–C) groups is 1. The maximum Gasteiger partial charge on any atom is 0.155 e. The van der Waals surface area contributed by atoms with E-state index in [4.69, 9.17) is 26.8 Å². The predicted molar refractivity (Wildman–Crippen MR) is 169 cm³/mol. The number of nitrogens with zero attached hydrogens (tertiary/aromatic N) is 2. The first-order valence-electron chi connectivity index (χ1n) is 14.3. The summed E-state index contributed by atoms with van der Waals surface area (Å²) in [6.07, 6.45) is 6.50. The zero-order chi connectivity index (χ0) is 30.6. The summed E-state index contributed by atoms with van der Waals surface area (Å²) in [5.41, 5.74) is 9.73. The molecule has 0 amide bonds. The van der Waals surface area contributed by atoms with E-state index in [2.05, 4.69) is 24.9 Å². The van der Waals surface area contributed by atoms with Crippen LogP contribution in [0, 0.1) is 17.2 Å². The lowest BCUT2D eigenvalue weighted by molar-refractivity contribution is -0.122. The summed E-state index contributed by atoms with van der Waals surface area (Å²) in [4.78, 5) is 16.6. The van der Waals surface area contributed by atoms with Gasteiger partial charge in [-0.25, -0.2) is 4.99 Å². The summed E-state index contributed by atoms with van der Waals surface area (Å²) in [5.74, 6) is 1.87. The first-order chi connectivity index (χ1) is 19.5. The van der Waals surface area contributed by atoms with Crippen LogP contribution in [0.5, 0.6) is 11.5 Å². The van der Waals surface area contributed by atoms with Crippen molar-refractivity contribution in [2.75, 3.05) is 13.2 Å². The predicted octanol–water partition coefficient (Wildman–Crippen LogP) is 8.31. The Bertz CT molecular complexity index is 1320. The van der Waals surface area contributed by atoms with Crippen LogP contribution in [0.1, 0.15) is 90.8 Å². The topological polar surface area (TPSA) is 97.7 Å². The van der Waals surface area contributed by atoms with Crippen molar-refractivity contribution in [1.82, 2.24) is 0 Å². The van der Waals surface area contributed by atoms with Gasteiger partial charge in [-0.15, -0.1) is 0 Å². The number of carbonyl (C=O) groups is 1. The highest BCUT2D eigenvalue weighted by atomic mass is 35.5. The van der Waals surface area contributed by atoms with E-state index in [1.165, 1.54) is 0 Å². The molecule has 0 heterocycles. The molecular weight excluding hydrogens is 534 g/mol. The summed E-state index contributed by atoms with van der Waals surface area (Å²) in [5, 5.41) is 10.2. The second-order valence-corrected chi connectivity index (χ2v) is 11.1. The largest absolute Gasteiger partial charge is 0.491 e. The number of halogens is 1. The van der Waals surface area contributed by atoms with Crippen molar-refractivity contribution in [3.05, 3.63) is 81.7 Å². The molecule has 0 saturated carbocycles. The number of nitriles is 1. The van der Waals surface area contributed by atoms with Crippen LogP contribution >= 0.6 is 11.6 Å². The fraction of sp³-hybridized carbons (Fsp3) is 0.441. The fourth-order valence-electron chi connectivity index (χ4n) is 4.11. The summed E-state index contributed by atoms with van der Waals surface area (Å²) < 4.78 is 11.9. The van der Waals surface area contributed by atoms with Crippen LogP contribution in [-0.2, 0) is 10.2 Å². The monoisotopic (exact) mass is 577 g/mol. The Kier molecular flexibility index (Phi) is 13.2. The van der Waals surface area contributed by atoms with Crippen molar-refractivity contribution < 1.29 is 14.3 Å². The van der Waals surface area contributed by atoms with Gasteiger partial charge in [0.25, 0.3) is 0 Å². The molecule has 0 saturated heterocycles. The average Bonchev–Trinajstić information content (AvgIpc) is 2.97. The molecule has 2 N–H and O–H groups in total. The van der Waals surface area contributed by atoms with Crippen LogP contribution in [0.25, 0.3) is 0 Å². The van der Waals surface area contributed by atoms with Crippen molar-refractivity contribution in [2.24, 2.45) is 16.6 Å². The molecule has 0 radical (unpaired) electrons. The van der Waals surface area contributed by atoms with E-state index in [9.17, 15) is 10.1 Å². The van der Waals surface area contributed by atoms with E-state index in [-0.39, 0.29) is 11.7 Å². The quantitative estimate of drug-likeness (QED) is 0.169. The van der Waals surface area contributed by atoms with Crippen LogP contribution in [-0.4, -0.2) is 24.7 Å². The number of nitrogens with two attached hydrogens (primary N) is 1. The number of ketones is 1. The highest BCUT2D eigenvalue weighted by Crippen LogP contribution is 2.38. The zero-order valence-electron chi connectivity index (χ0n) is 25.5. The Hall–Kier alpha value is -3.56. The van der Waals surface area contributed by atoms with E-state index >= 15 is 0 Å². The van der Waals surface area contributed by atoms with Crippen molar-refractivity contribution in [3.8, 4) is 17.6 Å². The summed E-state index contributed by atoms with van der Waals surface area (Å²) >= 11 is 6.62. The number of hydrogen-bond donors (Lipinski definition) is 1. The number of allylic oxidation sites excluding steroid dienone is 2. The third-order valence-electron chi connectivity index (χ3n) is 7.42. The highest BCUT2D eigenvalue weighted by Gasteiger charge is 2.26. The van der Waals surface area contributed by atoms with Crippen LogP contribution in [0.15, 0.2) is 64.9 Å². The van der Waals surface area contributed by atoms with Crippen LogP contribution in [0.4, 0.5) is 0 Å². The smallest absolute Gasteiger partial charge is 0.155 e. The minimum Gasteiger partial charge on any atom is -0.491 e. The fourth-order valence-corrected chi connectivity index (χ4v) is 4.39. The minimum absolute atomic E-state index is 0.0524. The standard InChI is InChI=1S/C34H44ClN3O3/c1-8-12-28(38-33(37)24(5)10-3)22-41-29-16-14-26(15-17-29)34(6,7)27-19-25(21-36)32(30(35)20-27)40-18-11-13-31(39)23(4)9-2/h8,12,14-17,19-20,23H,9-11,13,18,22,37H2,1-7H3/b12-8-,33-24?,38-28+. The number of Topliss-reactive ketones (excluding diaryl/α,β-unsaturated/α-hetero) is 1. The Labute approximate surface area is 250 Å². The van der Waals surface area contributed by atoms with E-state index in [1.54, 1.807) is 0 Å². The summed E-state index contributed by atoms with van der Waals surface area (Å²) in [6.45, 7) is 14.7. The Balaban J connectivity index is 2.16. The second kappa shape index (κ2) is 16.0. The van der Waals surface area contributed by atoms with Crippen LogP contribution in [0.3, 0.4) is 0 Å². The van der Waals surface area contributed by atoms with Gasteiger partial charge in [0.15, 0.2) is 5.75 Å². The molecule has 220 valence electrons. The van der Waals surface area contributed by atoms with Crippen LogP contribution in [0.2, 0.25) is 5.02 Å². The first-order valence-corrected chi connectivity index (χ1v) is 14.6. The van der Waals surface area contributed by atoms with E-state index < -0.39 is 5.41 Å². The summed E-state index contributed by atoms with van der Waals surface area (Å²) in [7, 11) is 0. The lowest BCUT2D eigenvalue weighted by Crippen LogP contribution is -2.19. The molecule has 2 aromatic rings. The molecule has 0 fully saturated rings. The van der Waals surface area contributed by atoms with Gasteiger partial charge in [-0.1, -0.05) is 64.4 Å². The van der Waals surface area contributed by atoms with E-state index in [0.717, 1.165) is 35.3 Å². The molecular formula is C34H44ClN3O3. The number of rotatable bonds is 15. The van der Waals surface area contributed by atoms with Gasteiger partial charge in [-0.2, -0.15) is 5.26 Å². The highest BCUT2D eigenvalue weighted by molar-refractivity contribution is 6.32. The molecule has 7 heteroatoms. The lowest BCUT2D eigenvalue weighted by atomic mass is 9.77. The molecule has 1 unspecified atom stereocenters.